The van der Waals surface area contributed by atoms with E-state index in [1.165, 1.54) is 12.8 Å². The van der Waals surface area contributed by atoms with Crippen molar-refractivity contribution in [3.63, 3.8) is 0 Å². The predicted molar refractivity (Wildman–Crippen MR) is 77.8 cm³/mol. The minimum atomic E-state index is -0.00606. The lowest BCUT2D eigenvalue weighted by Gasteiger charge is -2.34. The molecule has 1 amide bonds. The van der Waals surface area contributed by atoms with Crippen molar-refractivity contribution in [2.45, 2.75) is 59.0 Å². The van der Waals surface area contributed by atoms with Crippen molar-refractivity contribution in [2.24, 2.45) is 17.8 Å². The molecule has 3 N–H and O–H groups in total. The zero-order valence-electron chi connectivity index (χ0n) is 12.8. The van der Waals surface area contributed by atoms with Crippen LogP contribution in [0.4, 0.5) is 0 Å². The fourth-order valence-electron chi connectivity index (χ4n) is 2.78. The van der Waals surface area contributed by atoms with Gasteiger partial charge in [-0.1, -0.05) is 40.5 Å². The van der Waals surface area contributed by atoms with Gasteiger partial charge in [0.1, 0.15) is 0 Å². The van der Waals surface area contributed by atoms with Gasteiger partial charge in [-0.3, -0.25) is 4.79 Å². The molecule has 19 heavy (non-hydrogen) atoms. The molecule has 4 nitrogen and oxygen atoms in total. The number of hydrogen-bond acceptors (Lipinski definition) is 3. The third-order valence-corrected chi connectivity index (χ3v) is 4.58. The van der Waals surface area contributed by atoms with Crippen LogP contribution in [0.2, 0.25) is 0 Å². The van der Waals surface area contributed by atoms with Gasteiger partial charge < -0.3 is 15.7 Å². The van der Waals surface area contributed by atoms with Gasteiger partial charge in [0.05, 0.1) is 13.2 Å². The molecule has 4 atom stereocenters. The summed E-state index contributed by atoms with van der Waals surface area (Å²) >= 11 is 0. The molecule has 112 valence electrons. The number of rotatable bonds is 6. The zero-order chi connectivity index (χ0) is 14.4. The number of carbonyl (C=O) groups is 1. The average Bonchev–Trinajstić information content (AvgIpc) is 2.35. The van der Waals surface area contributed by atoms with E-state index in [-0.39, 0.29) is 18.6 Å². The molecule has 3 unspecified atom stereocenters. The van der Waals surface area contributed by atoms with Gasteiger partial charge in [-0.2, -0.15) is 0 Å². The molecule has 0 heterocycles. The Bertz CT molecular complexity index is 281. The summed E-state index contributed by atoms with van der Waals surface area (Å²) in [5.74, 6) is 1.61. The number of carbonyl (C=O) groups excluding carboxylic acids is 1. The second kappa shape index (κ2) is 7.85. The van der Waals surface area contributed by atoms with Crippen LogP contribution in [0, 0.1) is 17.8 Å². The SMILES string of the molecule is CC1CCCC(NC(=O)CN[C@H](CO)C(C)C)C1C. The molecule has 0 bridgehead atoms. The van der Waals surface area contributed by atoms with E-state index in [9.17, 15) is 9.90 Å². The Hall–Kier alpha value is -0.610. The summed E-state index contributed by atoms with van der Waals surface area (Å²) in [5, 5.41) is 15.5. The lowest BCUT2D eigenvalue weighted by atomic mass is 9.78. The number of hydrogen-bond donors (Lipinski definition) is 3. The van der Waals surface area contributed by atoms with E-state index in [0.717, 1.165) is 6.42 Å². The first-order valence-electron chi connectivity index (χ1n) is 7.59. The fraction of sp³-hybridized carbons (Fsp3) is 0.933. The lowest BCUT2D eigenvalue weighted by molar-refractivity contribution is -0.121. The molecule has 1 aliphatic rings. The lowest BCUT2D eigenvalue weighted by Crippen LogP contribution is -2.49. The van der Waals surface area contributed by atoms with Crippen LogP contribution in [0.3, 0.4) is 0 Å². The van der Waals surface area contributed by atoms with Gasteiger partial charge in [-0.05, 0) is 24.2 Å². The highest BCUT2D eigenvalue weighted by molar-refractivity contribution is 5.78. The Morgan fingerprint density at radius 2 is 2.00 bits per heavy atom. The zero-order valence-corrected chi connectivity index (χ0v) is 12.8. The van der Waals surface area contributed by atoms with E-state index in [2.05, 4.69) is 24.5 Å². The standard InChI is InChI=1S/C15H30N2O2/c1-10(2)14(9-18)16-8-15(19)17-13-7-5-6-11(3)12(13)4/h10-14,16,18H,5-9H2,1-4H3,(H,17,19)/t11?,12?,13?,14-/m1/s1. The van der Waals surface area contributed by atoms with Crippen LogP contribution < -0.4 is 10.6 Å². The highest BCUT2D eigenvalue weighted by atomic mass is 16.3. The molecular formula is C15H30N2O2. The Balaban J connectivity index is 2.34. The summed E-state index contributed by atoms with van der Waals surface area (Å²) in [4.78, 5) is 12.0. The fourth-order valence-corrected chi connectivity index (χ4v) is 2.78. The topological polar surface area (TPSA) is 61.4 Å². The summed E-state index contributed by atoms with van der Waals surface area (Å²) in [6, 6.07) is 0.304. The second-order valence-electron chi connectivity index (χ2n) is 6.36. The summed E-state index contributed by atoms with van der Waals surface area (Å²) < 4.78 is 0. The molecule has 1 saturated carbocycles. The molecular weight excluding hydrogens is 240 g/mol. The Kier molecular flexibility index (Phi) is 6.80. The van der Waals surface area contributed by atoms with E-state index >= 15 is 0 Å². The molecule has 0 aromatic carbocycles. The van der Waals surface area contributed by atoms with E-state index < -0.39 is 0 Å². The maximum atomic E-state index is 12.0. The number of aliphatic hydroxyl groups excluding tert-OH is 1. The maximum Gasteiger partial charge on any atom is 0.234 e. The Morgan fingerprint density at radius 1 is 1.32 bits per heavy atom. The normalized spacial score (nSPS) is 29.3. The summed E-state index contributed by atoms with van der Waals surface area (Å²) in [5.41, 5.74) is 0. The molecule has 1 fully saturated rings. The minimum Gasteiger partial charge on any atom is -0.395 e. The van der Waals surface area contributed by atoms with Gasteiger partial charge in [-0.15, -0.1) is 0 Å². The molecule has 0 spiro atoms. The summed E-state index contributed by atoms with van der Waals surface area (Å²) in [7, 11) is 0. The van der Waals surface area contributed by atoms with Crippen molar-refractivity contribution < 1.29 is 9.90 Å². The van der Waals surface area contributed by atoms with Crippen molar-refractivity contribution in [3.05, 3.63) is 0 Å². The number of aliphatic hydroxyl groups is 1. The highest BCUT2D eigenvalue weighted by Gasteiger charge is 2.28. The van der Waals surface area contributed by atoms with Crippen molar-refractivity contribution >= 4 is 5.91 Å². The molecule has 0 saturated heterocycles. The van der Waals surface area contributed by atoms with Crippen molar-refractivity contribution in [2.75, 3.05) is 13.2 Å². The number of amides is 1. The van der Waals surface area contributed by atoms with Crippen LogP contribution in [0.5, 0.6) is 0 Å². The van der Waals surface area contributed by atoms with Crippen LogP contribution in [0.15, 0.2) is 0 Å². The average molecular weight is 270 g/mol. The highest BCUT2D eigenvalue weighted by Crippen LogP contribution is 2.29. The van der Waals surface area contributed by atoms with Gasteiger partial charge >= 0.3 is 0 Å². The minimum absolute atomic E-state index is 0.00606. The third kappa shape index (κ3) is 5.11. The molecule has 0 aromatic heterocycles. The van der Waals surface area contributed by atoms with Crippen molar-refractivity contribution in [3.8, 4) is 0 Å². The first-order valence-corrected chi connectivity index (χ1v) is 7.59. The van der Waals surface area contributed by atoms with Crippen LogP contribution in [-0.2, 0) is 4.79 Å². The largest absolute Gasteiger partial charge is 0.395 e. The smallest absolute Gasteiger partial charge is 0.234 e. The molecule has 1 aliphatic carbocycles. The van der Waals surface area contributed by atoms with E-state index in [1.807, 2.05) is 13.8 Å². The van der Waals surface area contributed by atoms with E-state index in [1.54, 1.807) is 0 Å². The first kappa shape index (κ1) is 16.4. The first-order chi connectivity index (χ1) is 8.95. The molecule has 1 rings (SSSR count). The van der Waals surface area contributed by atoms with E-state index in [4.69, 9.17) is 0 Å². The predicted octanol–water partition coefficient (Wildman–Crippen LogP) is 1.53. The molecule has 4 heteroatoms. The Labute approximate surface area is 117 Å². The monoisotopic (exact) mass is 270 g/mol. The maximum absolute atomic E-state index is 12.0. The molecule has 0 aliphatic heterocycles. The quantitative estimate of drug-likeness (QED) is 0.686. The Morgan fingerprint density at radius 3 is 2.58 bits per heavy atom. The number of nitrogens with one attached hydrogen (secondary N) is 2. The van der Waals surface area contributed by atoms with Crippen LogP contribution >= 0.6 is 0 Å². The van der Waals surface area contributed by atoms with E-state index in [0.29, 0.717) is 30.3 Å². The van der Waals surface area contributed by atoms with Crippen molar-refractivity contribution in [1.82, 2.24) is 10.6 Å². The molecule has 0 aromatic rings. The van der Waals surface area contributed by atoms with Crippen molar-refractivity contribution in [1.29, 1.82) is 0 Å². The second-order valence-corrected chi connectivity index (χ2v) is 6.36. The van der Waals surface area contributed by atoms with Gasteiger partial charge in [0.25, 0.3) is 0 Å². The van der Waals surface area contributed by atoms with Crippen LogP contribution in [0.1, 0.15) is 47.0 Å². The summed E-state index contributed by atoms with van der Waals surface area (Å²) in [6.45, 7) is 8.94. The summed E-state index contributed by atoms with van der Waals surface area (Å²) in [6.07, 6.45) is 3.56. The van der Waals surface area contributed by atoms with Gasteiger partial charge in [0.2, 0.25) is 5.91 Å². The van der Waals surface area contributed by atoms with Gasteiger partial charge in [0.15, 0.2) is 0 Å². The van der Waals surface area contributed by atoms with Crippen LogP contribution in [0.25, 0.3) is 0 Å². The van der Waals surface area contributed by atoms with Gasteiger partial charge in [0, 0.05) is 12.1 Å². The third-order valence-electron chi connectivity index (χ3n) is 4.58. The van der Waals surface area contributed by atoms with Crippen LogP contribution in [-0.4, -0.2) is 36.2 Å². The molecule has 0 radical (unpaired) electrons. The van der Waals surface area contributed by atoms with Gasteiger partial charge in [-0.25, -0.2) is 0 Å².